The van der Waals surface area contributed by atoms with Crippen LogP contribution in [-0.4, -0.2) is 48.1 Å². The predicted molar refractivity (Wildman–Crippen MR) is 85.1 cm³/mol. The standard InChI is InChI=1S/C16H28N4/c1-13-12-20(9-8-19(13)5)15-6-7-17-10-14(15)11-18-16(2,3)4/h6-7,10,13,18H,8-9,11-12H2,1-5H3. The van der Waals surface area contributed by atoms with Crippen molar-refractivity contribution in [1.29, 1.82) is 0 Å². The molecule has 1 unspecified atom stereocenters. The van der Waals surface area contributed by atoms with Crippen LogP contribution < -0.4 is 10.2 Å². The quantitative estimate of drug-likeness (QED) is 0.916. The van der Waals surface area contributed by atoms with Crippen LogP contribution in [0.25, 0.3) is 0 Å². The van der Waals surface area contributed by atoms with Crippen LogP contribution in [0.2, 0.25) is 0 Å². The maximum absolute atomic E-state index is 4.30. The Bertz CT molecular complexity index is 438. The van der Waals surface area contributed by atoms with Gasteiger partial charge in [-0.2, -0.15) is 0 Å². The summed E-state index contributed by atoms with van der Waals surface area (Å²) >= 11 is 0. The summed E-state index contributed by atoms with van der Waals surface area (Å²) < 4.78 is 0. The van der Waals surface area contributed by atoms with E-state index in [1.54, 1.807) is 0 Å². The summed E-state index contributed by atoms with van der Waals surface area (Å²) in [5.74, 6) is 0. The first-order chi connectivity index (χ1) is 9.37. The first kappa shape index (κ1) is 15.3. The van der Waals surface area contributed by atoms with Gasteiger partial charge in [0, 0.05) is 61.4 Å². The molecule has 4 heteroatoms. The molecule has 0 saturated carbocycles. The molecule has 1 aliphatic rings. The van der Waals surface area contributed by atoms with Gasteiger partial charge in [0.15, 0.2) is 0 Å². The zero-order chi connectivity index (χ0) is 14.8. The van der Waals surface area contributed by atoms with E-state index in [4.69, 9.17) is 0 Å². The van der Waals surface area contributed by atoms with E-state index in [0.717, 1.165) is 26.2 Å². The normalized spacial score (nSPS) is 21.2. The average Bonchev–Trinajstić information content (AvgIpc) is 2.39. The first-order valence-corrected chi connectivity index (χ1v) is 7.50. The van der Waals surface area contributed by atoms with Gasteiger partial charge in [-0.05, 0) is 40.8 Å². The lowest BCUT2D eigenvalue weighted by Gasteiger charge is -2.39. The highest BCUT2D eigenvalue weighted by Gasteiger charge is 2.22. The Labute approximate surface area is 123 Å². The van der Waals surface area contributed by atoms with Gasteiger partial charge in [-0.1, -0.05) is 0 Å². The van der Waals surface area contributed by atoms with Crippen molar-refractivity contribution in [1.82, 2.24) is 15.2 Å². The average molecular weight is 276 g/mol. The van der Waals surface area contributed by atoms with E-state index in [9.17, 15) is 0 Å². The number of aromatic nitrogens is 1. The molecule has 1 atom stereocenters. The van der Waals surface area contributed by atoms with Crippen LogP contribution in [0.5, 0.6) is 0 Å². The van der Waals surface area contributed by atoms with Gasteiger partial charge in [-0.15, -0.1) is 0 Å². The lowest BCUT2D eigenvalue weighted by molar-refractivity contribution is 0.234. The van der Waals surface area contributed by atoms with E-state index in [2.05, 4.69) is 60.9 Å². The third kappa shape index (κ3) is 3.93. The highest BCUT2D eigenvalue weighted by atomic mass is 15.3. The number of hydrogen-bond donors (Lipinski definition) is 1. The van der Waals surface area contributed by atoms with Crippen molar-refractivity contribution >= 4 is 5.69 Å². The molecule has 0 bridgehead atoms. The SMILES string of the molecule is CC1CN(c2ccncc2CNC(C)(C)C)CCN1C. The molecule has 20 heavy (non-hydrogen) atoms. The molecule has 4 nitrogen and oxygen atoms in total. The van der Waals surface area contributed by atoms with E-state index in [1.165, 1.54) is 11.3 Å². The second-order valence-electron chi connectivity index (χ2n) is 6.88. The Morgan fingerprint density at radius 3 is 2.75 bits per heavy atom. The van der Waals surface area contributed by atoms with Gasteiger partial charge in [0.1, 0.15) is 0 Å². The molecular weight excluding hydrogens is 248 g/mol. The summed E-state index contributed by atoms with van der Waals surface area (Å²) in [7, 11) is 2.20. The maximum atomic E-state index is 4.30. The van der Waals surface area contributed by atoms with E-state index >= 15 is 0 Å². The van der Waals surface area contributed by atoms with Gasteiger partial charge in [-0.25, -0.2) is 0 Å². The van der Waals surface area contributed by atoms with Crippen LogP contribution in [0.3, 0.4) is 0 Å². The summed E-state index contributed by atoms with van der Waals surface area (Å²) in [6, 6.07) is 2.75. The molecule has 0 radical (unpaired) electrons. The summed E-state index contributed by atoms with van der Waals surface area (Å²) in [4.78, 5) is 9.21. The number of nitrogens with zero attached hydrogens (tertiary/aromatic N) is 3. The smallest absolute Gasteiger partial charge is 0.0443 e. The summed E-state index contributed by atoms with van der Waals surface area (Å²) in [5, 5.41) is 3.56. The van der Waals surface area contributed by atoms with Crippen molar-refractivity contribution in [3.63, 3.8) is 0 Å². The fourth-order valence-corrected chi connectivity index (χ4v) is 2.49. The zero-order valence-electron chi connectivity index (χ0n) is 13.5. The Morgan fingerprint density at radius 1 is 1.35 bits per heavy atom. The molecule has 1 aliphatic heterocycles. The molecule has 112 valence electrons. The number of pyridine rings is 1. The minimum absolute atomic E-state index is 0.127. The Kier molecular flexibility index (Phi) is 4.66. The lowest BCUT2D eigenvalue weighted by atomic mass is 10.1. The van der Waals surface area contributed by atoms with Crippen molar-refractivity contribution in [3.8, 4) is 0 Å². The minimum atomic E-state index is 0.127. The maximum Gasteiger partial charge on any atom is 0.0443 e. The second kappa shape index (κ2) is 6.10. The Balaban J connectivity index is 2.11. The first-order valence-electron chi connectivity index (χ1n) is 7.50. The van der Waals surface area contributed by atoms with Crippen LogP contribution in [0, 0.1) is 0 Å². The molecule has 1 fully saturated rings. The molecule has 1 saturated heterocycles. The number of nitrogens with one attached hydrogen (secondary N) is 1. The topological polar surface area (TPSA) is 31.4 Å². The number of rotatable bonds is 3. The van der Waals surface area contributed by atoms with E-state index in [-0.39, 0.29) is 5.54 Å². The zero-order valence-corrected chi connectivity index (χ0v) is 13.5. The molecule has 0 aromatic carbocycles. The summed E-state index contributed by atoms with van der Waals surface area (Å²) in [6.45, 7) is 13.0. The highest BCUT2D eigenvalue weighted by Crippen LogP contribution is 2.22. The van der Waals surface area contributed by atoms with E-state index in [0.29, 0.717) is 6.04 Å². The second-order valence-corrected chi connectivity index (χ2v) is 6.88. The van der Waals surface area contributed by atoms with Gasteiger partial charge in [0.2, 0.25) is 0 Å². The molecule has 1 aromatic rings. The lowest BCUT2D eigenvalue weighted by Crippen LogP contribution is -2.50. The molecule has 0 aliphatic carbocycles. The fourth-order valence-electron chi connectivity index (χ4n) is 2.49. The fraction of sp³-hybridized carbons (Fsp3) is 0.688. The largest absolute Gasteiger partial charge is 0.368 e. The summed E-state index contributed by atoms with van der Waals surface area (Å²) in [6.07, 6.45) is 3.90. The number of hydrogen-bond acceptors (Lipinski definition) is 4. The molecule has 0 spiro atoms. The predicted octanol–water partition coefficient (Wildman–Crippen LogP) is 2.11. The highest BCUT2D eigenvalue weighted by molar-refractivity contribution is 5.52. The van der Waals surface area contributed by atoms with Crippen molar-refractivity contribution in [3.05, 3.63) is 24.0 Å². The number of anilines is 1. The van der Waals surface area contributed by atoms with Crippen molar-refractivity contribution < 1.29 is 0 Å². The molecule has 2 heterocycles. The van der Waals surface area contributed by atoms with E-state index < -0.39 is 0 Å². The number of piperazine rings is 1. The van der Waals surface area contributed by atoms with Crippen LogP contribution in [0.1, 0.15) is 33.3 Å². The van der Waals surface area contributed by atoms with Crippen molar-refractivity contribution in [2.45, 2.75) is 45.8 Å². The molecular formula is C16H28N4. The van der Waals surface area contributed by atoms with Gasteiger partial charge < -0.3 is 15.1 Å². The Morgan fingerprint density at radius 2 is 2.10 bits per heavy atom. The Hall–Kier alpha value is -1.13. The van der Waals surface area contributed by atoms with Crippen molar-refractivity contribution in [2.75, 3.05) is 31.6 Å². The van der Waals surface area contributed by atoms with Gasteiger partial charge >= 0.3 is 0 Å². The van der Waals surface area contributed by atoms with Crippen LogP contribution in [0.15, 0.2) is 18.5 Å². The van der Waals surface area contributed by atoms with Crippen molar-refractivity contribution in [2.24, 2.45) is 0 Å². The molecule has 2 rings (SSSR count). The molecule has 1 N–H and O–H groups in total. The number of likely N-dealkylation sites (N-methyl/N-ethyl adjacent to an activating group) is 1. The summed E-state index contributed by atoms with van der Waals surface area (Å²) in [5.41, 5.74) is 2.75. The van der Waals surface area contributed by atoms with E-state index in [1.807, 2.05) is 12.4 Å². The third-order valence-corrected chi connectivity index (χ3v) is 3.99. The molecule has 1 aromatic heterocycles. The van der Waals surface area contributed by atoms with Crippen LogP contribution in [0.4, 0.5) is 5.69 Å². The monoisotopic (exact) mass is 276 g/mol. The minimum Gasteiger partial charge on any atom is -0.368 e. The van der Waals surface area contributed by atoms with Gasteiger partial charge in [-0.3, -0.25) is 4.98 Å². The molecule has 0 amide bonds. The third-order valence-electron chi connectivity index (χ3n) is 3.99. The van der Waals surface area contributed by atoms with Crippen LogP contribution >= 0.6 is 0 Å². The van der Waals surface area contributed by atoms with Crippen LogP contribution in [-0.2, 0) is 6.54 Å². The van der Waals surface area contributed by atoms with Gasteiger partial charge in [0.25, 0.3) is 0 Å². The van der Waals surface area contributed by atoms with Gasteiger partial charge in [0.05, 0.1) is 0 Å².